The molecule has 0 saturated heterocycles. The van der Waals surface area contributed by atoms with Crippen LogP contribution in [-0.4, -0.2) is 37.1 Å². The van der Waals surface area contributed by atoms with Gasteiger partial charge in [-0.05, 0) is 39.3 Å². The van der Waals surface area contributed by atoms with Crippen LogP contribution in [0, 0.1) is 5.92 Å². The van der Waals surface area contributed by atoms with E-state index in [9.17, 15) is 0 Å². The summed E-state index contributed by atoms with van der Waals surface area (Å²) < 4.78 is 0. The second kappa shape index (κ2) is 8.10. The van der Waals surface area contributed by atoms with Crippen molar-refractivity contribution >= 4 is 0 Å². The first-order chi connectivity index (χ1) is 8.11. The van der Waals surface area contributed by atoms with Crippen molar-refractivity contribution in [2.45, 2.75) is 71.4 Å². The van der Waals surface area contributed by atoms with Crippen LogP contribution in [0.25, 0.3) is 0 Å². The molecule has 0 spiro atoms. The summed E-state index contributed by atoms with van der Waals surface area (Å²) >= 11 is 0. The highest BCUT2D eigenvalue weighted by Gasteiger charge is 2.20. The van der Waals surface area contributed by atoms with Gasteiger partial charge in [0.1, 0.15) is 0 Å². The molecule has 17 heavy (non-hydrogen) atoms. The molecule has 2 nitrogen and oxygen atoms in total. The highest BCUT2D eigenvalue weighted by molar-refractivity contribution is 4.77. The maximum Gasteiger partial charge on any atom is 0.0192 e. The number of nitrogens with zero attached hydrogens (tertiary/aromatic N) is 1. The van der Waals surface area contributed by atoms with E-state index < -0.39 is 0 Å². The minimum Gasteiger partial charge on any atom is -0.315 e. The molecule has 0 aromatic carbocycles. The van der Waals surface area contributed by atoms with E-state index in [2.05, 4.69) is 38.0 Å². The van der Waals surface area contributed by atoms with Gasteiger partial charge in [-0.3, -0.25) is 4.90 Å². The average molecular weight is 240 g/mol. The molecule has 0 aromatic rings. The van der Waals surface area contributed by atoms with Gasteiger partial charge < -0.3 is 5.32 Å². The summed E-state index contributed by atoms with van der Waals surface area (Å²) in [5.74, 6) is 0.755. The molecule has 0 radical (unpaired) electrons. The quantitative estimate of drug-likeness (QED) is 0.717. The normalized spacial score (nSPS) is 20.8. The van der Waals surface area contributed by atoms with Gasteiger partial charge in [0, 0.05) is 18.6 Å². The molecule has 0 amide bonds. The lowest BCUT2D eigenvalue weighted by Gasteiger charge is -2.33. The van der Waals surface area contributed by atoms with Gasteiger partial charge in [-0.2, -0.15) is 0 Å². The van der Waals surface area contributed by atoms with Gasteiger partial charge in [-0.1, -0.05) is 39.5 Å². The SMILES string of the molecule is CC(C)CNCC(C)N(C)C1CCCCCC1. The fraction of sp³-hybridized carbons (Fsp3) is 1.00. The van der Waals surface area contributed by atoms with Crippen LogP contribution in [-0.2, 0) is 0 Å². The minimum absolute atomic E-state index is 0.664. The van der Waals surface area contributed by atoms with Crippen molar-refractivity contribution in [1.82, 2.24) is 10.2 Å². The predicted octanol–water partition coefficient (Wildman–Crippen LogP) is 3.28. The van der Waals surface area contributed by atoms with E-state index in [0.717, 1.165) is 25.0 Å². The van der Waals surface area contributed by atoms with Gasteiger partial charge >= 0.3 is 0 Å². The van der Waals surface area contributed by atoms with Crippen LogP contribution in [0.1, 0.15) is 59.3 Å². The van der Waals surface area contributed by atoms with Gasteiger partial charge in [0.2, 0.25) is 0 Å². The number of hydrogen-bond donors (Lipinski definition) is 1. The third kappa shape index (κ3) is 5.87. The molecular formula is C15H32N2. The van der Waals surface area contributed by atoms with Crippen molar-refractivity contribution in [3.63, 3.8) is 0 Å². The van der Waals surface area contributed by atoms with Crippen LogP contribution < -0.4 is 5.32 Å². The van der Waals surface area contributed by atoms with Crippen LogP contribution >= 0.6 is 0 Å². The Morgan fingerprint density at radius 3 is 2.12 bits per heavy atom. The fourth-order valence-corrected chi connectivity index (χ4v) is 2.75. The summed E-state index contributed by atoms with van der Waals surface area (Å²) in [6.45, 7) is 9.17. The highest BCUT2D eigenvalue weighted by Crippen LogP contribution is 2.22. The maximum atomic E-state index is 3.58. The minimum atomic E-state index is 0.664. The van der Waals surface area contributed by atoms with E-state index in [1.807, 2.05) is 0 Å². The Balaban J connectivity index is 2.26. The Morgan fingerprint density at radius 1 is 1.00 bits per heavy atom. The van der Waals surface area contributed by atoms with Gasteiger partial charge in [0.05, 0.1) is 0 Å². The van der Waals surface area contributed by atoms with Crippen LogP contribution in [0.3, 0.4) is 0 Å². The van der Waals surface area contributed by atoms with Crippen molar-refractivity contribution in [3.8, 4) is 0 Å². The van der Waals surface area contributed by atoms with Crippen LogP contribution in [0.5, 0.6) is 0 Å². The highest BCUT2D eigenvalue weighted by atomic mass is 15.2. The molecule has 102 valence electrons. The molecule has 2 heteroatoms. The topological polar surface area (TPSA) is 15.3 Å². The maximum absolute atomic E-state index is 3.58. The molecule has 1 unspecified atom stereocenters. The number of hydrogen-bond acceptors (Lipinski definition) is 2. The Bertz CT molecular complexity index is 183. The molecule has 0 aliphatic heterocycles. The zero-order chi connectivity index (χ0) is 12.7. The predicted molar refractivity (Wildman–Crippen MR) is 76.4 cm³/mol. The first kappa shape index (κ1) is 15.0. The van der Waals surface area contributed by atoms with E-state index in [-0.39, 0.29) is 0 Å². The summed E-state index contributed by atoms with van der Waals surface area (Å²) in [4.78, 5) is 2.61. The number of rotatable bonds is 6. The van der Waals surface area contributed by atoms with Gasteiger partial charge in [-0.25, -0.2) is 0 Å². The van der Waals surface area contributed by atoms with Crippen molar-refractivity contribution < 1.29 is 0 Å². The molecule has 0 aromatic heterocycles. The lowest BCUT2D eigenvalue weighted by molar-refractivity contribution is 0.164. The molecule has 0 heterocycles. The van der Waals surface area contributed by atoms with Crippen LogP contribution in [0.4, 0.5) is 0 Å². The summed E-state index contributed by atoms with van der Waals surface area (Å²) in [6, 6.07) is 1.49. The number of likely N-dealkylation sites (N-methyl/N-ethyl adjacent to an activating group) is 1. The average Bonchev–Trinajstić information content (AvgIpc) is 2.55. The Hall–Kier alpha value is -0.0800. The van der Waals surface area contributed by atoms with E-state index in [0.29, 0.717) is 6.04 Å². The van der Waals surface area contributed by atoms with Gasteiger partial charge in [0.15, 0.2) is 0 Å². The summed E-state index contributed by atoms with van der Waals surface area (Å²) in [5.41, 5.74) is 0. The largest absolute Gasteiger partial charge is 0.315 e. The molecule has 1 N–H and O–H groups in total. The van der Waals surface area contributed by atoms with Crippen molar-refractivity contribution in [1.29, 1.82) is 0 Å². The van der Waals surface area contributed by atoms with Crippen LogP contribution in [0.15, 0.2) is 0 Å². The molecule has 1 aliphatic rings. The molecular weight excluding hydrogens is 208 g/mol. The Kier molecular flexibility index (Phi) is 7.14. The summed E-state index contributed by atoms with van der Waals surface area (Å²) in [6.07, 6.45) is 8.58. The van der Waals surface area contributed by atoms with Crippen molar-refractivity contribution in [3.05, 3.63) is 0 Å². The standard InChI is InChI=1S/C15H32N2/c1-13(2)11-16-12-14(3)17(4)15-9-7-5-6-8-10-15/h13-16H,5-12H2,1-4H3. The van der Waals surface area contributed by atoms with Gasteiger partial charge in [0.25, 0.3) is 0 Å². The van der Waals surface area contributed by atoms with E-state index >= 15 is 0 Å². The lowest BCUT2D eigenvalue weighted by Crippen LogP contribution is -2.44. The van der Waals surface area contributed by atoms with E-state index in [1.54, 1.807) is 0 Å². The molecule has 1 saturated carbocycles. The first-order valence-corrected chi connectivity index (χ1v) is 7.54. The van der Waals surface area contributed by atoms with Gasteiger partial charge in [-0.15, -0.1) is 0 Å². The molecule has 1 fully saturated rings. The molecule has 0 bridgehead atoms. The molecule has 1 rings (SSSR count). The van der Waals surface area contributed by atoms with E-state index in [1.165, 1.54) is 38.5 Å². The van der Waals surface area contributed by atoms with Crippen molar-refractivity contribution in [2.75, 3.05) is 20.1 Å². The zero-order valence-corrected chi connectivity index (χ0v) is 12.3. The number of nitrogens with one attached hydrogen (secondary N) is 1. The Morgan fingerprint density at radius 2 is 1.59 bits per heavy atom. The third-order valence-corrected chi connectivity index (χ3v) is 4.09. The fourth-order valence-electron chi connectivity index (χ4n) is 2.75. The first-order valence-electron chi connectivity index (χ1n) is 7.54. The monoisotopic (exact) mass is 240 g/mol. The lowest BCUT2D eigenvalue weighted by atomic mass is 10.1. The van der Waals surface area contributed by atoms with E-state index in [4.69, 9.17) is 0 Å². The molecule has 1 atom stereocenters. The van der Waals surface area contributed by atoms with Crippen LogP contribution in [0.2, 0.25) is 0 Å². The summed E-state index contributed by atoms with van der Waals surface area (Å²) in [7, 11) is 2.32. The van der Waals surface area contributed by atoms with Crippen molar-refractivity contribution in [2.24, 2.45) is 5.92 Å². The summed E-state index contributed by atoms with van der Waals surface area (Å²) in [5, 5.41) is 3.58. The second-order valence-electron chi connectivity index (χ2n) is 6.21. The third-order valence-electron chi connectivity index (χ3n) is 4.09. The smallest absolute Gasteiger partial charge is 0.0192 e. The Labute approximate surface area is 108 Å². The second-order valence-corrected chi connectivity index (χ2v) is 6.21. The molecule has 1 aliphatic carbocycles. The zero-order valence-electron chi connectivity index (χ0n) is 12.3.